The van der Waals surface area contributed by atoms with Crippen molar-refractivity contribution in [3.63, 3.8) is 0 Å². The summed E-state index contributed by atoms with van der Waals surface area (Å²) in [6, 6.07) is 15.7. The molecule has 3 aromatic rings. The summed E-state index contributed by atoms with van der Waals surface area (Å²) < 4.78 is 36.2. The molecule has 0 atom stereocenters. The molecule has 0 radical (unpaired) electrons. The smallest absolute Gasteiger partial charge is 0.494 e. The van der Waals surface area contributed by atoms with Crippen molar-refractivity contribution in [2.45, 2.75) is 6.92 Å². The average Bonchev–Trinajstić information content (AvgIpc) is 2.91. The molecule has 1 aliphatic carbocycles. The third-order valence-electron chi connectivity index (χ3n) is 5.18. The molecule has 0 spiro atoms. The molecule has 202 valence electrons. The Hall–Kier alpha value is -3.88. The monoisotopic (exact) mass is 573 g/mol. The van der Waals surface area contributed by atoms with E-state index in [2.05, 4.69) is 26.8 Å². The number of nitrogens with one attached hydrogen (secondary N) is 1. The Balaban J connectivity index is 0.00000105. The Morgan fingerprint density at radius 2 is 1.75 bits per heavy atom. The number of nitrogens with two attached hydrogens (primary N) is 1. The van der Waals surface area contributed by atoms with Gasteiger partial charge in [0.1, 0.15) is 18.1 Å². The molecule has 0 bridgehead atoms. The summed E-state index contributed by atoms with van der Waals surface area (Å²) in [5.74, 6) is 0.884. The van der Waals surface area contributed by atoms with Gasteiger partial charge in [-0.25, -0.2) is 0 Å². The van der Waals surface area contributed by atoms with Crippen LogP contribution in [0.2, 0.25) is 0 Å². The number of azo groups is 1. The predicted octanol–water partition coefficient (Wildman–Crippen LogP) is 0.853. The summed E-state index contributed by atoms with van der Waals surface area (Å²) in [6.45, 7) is 2.07. The van der Waals surface area contributed by atoms with E-state index in [4.69, 9.17) is 32.9 Å². The summed E-state index contributed by atoms with van der Waals surface area (Å²) in [4.78, 5) is 12.7. The Kier molecular flexibility index (Phi) is 12.6. The van der Waals surface area contributed by atoms with Crippen molar-refractivity contribution in [3.05, 3.63) is 77.4 Å². The van der Waals surface area contributed by atoms with Crippen LogP contribution in [0.25, 0.3) is 6.08 Å². The van der Waals surface area contributed by atoms with E-state index in [-0.39, 0.29) is 54.3 Å². The molecule has 12 nitrogen and oxygen atoms in total. The molecule has 0 fully saturated rings. The van der Waals surface area contributed by atoms with E-state index in [1.54, 1.807) is 54.6 Å². The van der Waals surface area contributed by atoms with Crippen LogP contribution in [0.3, 0.4) is 0 Å². The molecule has 4 N–H and O–H groups in total. The fraction of sp³-hybridized carbons (Fsp3) is 0.154. The van der Waals surface area contributed by atoms with Gasteiger partial charge in [0.05, 0.1) is 36.6 Å². The van der Waals surface area contributed by atoms with Gasteiger partial charge in [-0.3, -0.25) is 5.43 Å². The zero-order valence-corrected chi connectivity index (χ0v) is 24.7. The average molecular weight is 574 g/mol. The van der Waals surface area contributed by atoms with Crippen molar-refractivity contribution in [1.82, 2.24) is 0 Å². The number of hydrazone groups is 1. The summed E-state index contributed by atoms with van der Waals surface area (Å²) in [5, 5.41) is 21.7. The number of fused-ring (bicyclic) bond motifs is 1. The molecule has 0 saturated carbocycles. The number of aliphatic hydroxyl groups excluding tert-OH is 1. The first kappa shape index (κ1) is 32.3. The number of benzene rings is 3. The van der Waals surface area contributed by atoms with Gasteiger partial charge in [-0.05, 0) is 48.9 Å². The quantitative estimate of drug-likeness (QED) is 0.116. The molecule has 0 saturated heterocycles. The first-order valence-electron chi connectivity index (χ1n) is 11.3. The van der Waals surface area contributed by atoms with Crippen molar-refractivity contribution < 1.29 is 61.6 Å². The molecule has 0 aliphatic heterocycles. The number of ketones is 1. The van der Waals surface area contributed by atoms with Gasteiger partial charge < -0.3 is 25.1 Å². The number of anilines is 2. The van der Waals surface area contributed by atoms with Crippen molar-refractivity contribution in [1.29, 1.82) is 0 Å². The van der Waals surface area contributed by atoms with E-state index in [1.165, 1.54) is 7.11 Å². The Bertz CT molecular complexity index is 1550. The van der Waals surface area contributed by atoms with Gasteiger partial charge in [0.15, 0.2) is 0 Å². The van der Waals surface area contributed by atoms with Gasteiger partial charge in [0.25, 0.3) is 0 Å². The number of ether oxygens (including phenoxy) is 2. The van der Waals surface area contributed by atoms with E-state index in [1.807, 2.05) is 13.0 Å². The second kappa shape index (κ2) is 15.6. The molecule has 3 aromatic carbocycles. The largest absolute Gasteiger partial charge is 1.00 e. The van der Waals surface area contributed by atoms with E-state index >= 15 is 0 Å². The Morgan fingerprint density at radius 3 is 2.40 bits per heavy atom. The van der Waals surface area contributed by atoms with Crippen LogP contribution >= 0.6 is 0 Å². The number of nitrogens with zero attached hydrogens (tertiary/aromatic N) is 3. The third kappa shape index (κ3) is 9.10. The second-order valence-corrected chi connectivity index (χ2v) is 8.25. The fourth-order valence-corrected chi connectivity index (χ4v) is 3.37. The maximum absolute atomic E-state index is 12.7. The Labute approximate surface area is 254 Å². The number of carbonyl (C=O) groups is 1. The zero-order chi connectivity index (χ0) is 28.4. The number of allylic oxidation sites excluding steroid dienone is 1. The van der Waals surface area contributed by atoms with Gasteiger partial charge >= 0.3 is 40.2 Å². The van der Waals surface area contributed by atoms with Crippen molar-refractivity contribution in [2.24, 2.45) is 15.3 Å². The number of rotatable bonds is 8. The predicted molar refractivity (Wildman–Crippen MR) is 145 cm³/mol. The molecule has 40 heavy (non-hydrogen) atoms. The molecular weight excluding hydrogens is 549 g/mol. The van der Waals surface area contributed by atoms with Gasteiger partial charge in [-0.2, -0.15) is 27.5 Å². The molecule has 14 heteroatoms. The van der Waals surface area contributed by atoms with Crippen molar-refractivity contribution in [3.8, 4) is 11.5 Å². The summed E-state index contributed by atoms with van der Waals surface area (Å²) >= 11 is 0. The topological polar surface area (TPSA) is 182 Å². The first-order valence-corrected chi connectivity index (χ1v) is 12.3. The SMILES string of the molecule is COc1cc(N=Nc2ccc(OCCO)cc2)c(C)cc1N/N=C1/[C-]=Cc2cc(N)ccc2C1=O.O=S(=O)=O.[Na+]. The van der Waals surface area contributed by atoms with Crippen molar-refractivity contribution in [2.75, 3.05) is 31.5 Å². The van der Waals surface area contributed by atoms with Crippen molar-refractivity contribution >= 4 is 50.9 Å². The van der Waals surface area contributed by atoms with Gasteiger partial charge in [-0.15, -0.1) is 18.2 Å². The number of hydrogen-bond acceptors (Lipinski definition) is 12. The normalized spacial score (nSPS) is 12.7. The van der Waals surface area contributed by atoms with Crippen LogP contribution in [0, 0.1) is 13.0 Å². The van der Waals surface area contributed by atoms with Crippen LogP contribution in [0.5, 0.6) is 11.5 Å². The summed E-state index contributed by atoms with van der Waals surface area (Å²) in [5.41, 5.74) is 13.3. The van der Waals surface area contributed by atoms with E-state index < -0.39 is 10.6 Å². The number of carbonyl (C=O) groups excluding carboxylic acids is 1. The minimum Gasteiger partial charge on any atom is -0.494 e. The van der Waals surface area contributed by atoms with Crippen LogP contribution in [-0.2, 0) is 10.6 Å². The molecule has 1 aliphatic rings. The maximum Gasteiger partial charge on any atom is 1.00 e. The number of aliphatic hydroxyl groups is 1. The minimum atomic E-state index is -3.11. The number of methoxy groups -OCH3 is 1. The van der Waals surface area contributed by atoms with Crippen LogP contribution < -0.4 is 50.2 Å². The number of nitrogen functional groups attached to an aromatic ring is 1. The van der Waals surface area contributed by atoms with Crippen LogP contribution in [0.1, 0.15) is 21.5 Å². The standard InChI is InChI=1S/C26H24N5O4.Na.O3S/c1-16-13-24(31-29-22-10-3-17-14-18(27)4-9-21(17)26(22)33)25(34-2)15-23(16)30-28-19-5-7-20(8-6-19)35-12-11-32;;1-4(2)3/h3-9,13-15,31-32H,11-12,27H2,1-2H3;;/q-1;+1;/b29-22-,30-28?;;. The fourth-order valence-electron chi connectivity index (χ4n) is 3.37. The van der Waals surface area contributed by atoms with E-state index in [0.717, 1.165) is 5.56 Å². The van der Waals surface area contributed by atoms with E-state index in [0.29, 0.717) is 45.4 Å². The van der Waals surface area contributed by atoms with Gasteiger partial charge in [-0.1, -0.05) is 17.7 Å². The molecule has 0 heterocycles. The van der Waals surface area contributed by atoms with E-state index in [9.17, 15) is 4.79 Å². The first-order chi connectivity index (χ1) is 18.7. The summed E-state index contributed by atoms with van der Waals surface area (Å²) in [7, 11) is -1.58. The minimum absolute atomic E-state index is 0. The van der Waals surface area contributed by atoms with Gasteiger partial charge in [0, 0.05) is 17.5 Å². The zero-order valence-electron chi connectivity index (χ0n) is 21.9. The number of hydrogen-bond donors (Lipinski definition) is 3. The van der Waals surface area contributed by atoms with Crippen LogP contribution in [0.4, 0.5) is 22.7 Å². The summed E-state index contributed by atoms with van der Waals surface area (Å²) in [6.07, 6.45) is 4.59. The molecule has 0 amide bonds. The van der Waals surface area contributed by atoms with Crippen LogP contribution in [-0.4, -0.2) is 49.6 Å². The number of Topliss-reactive ketones (excluding diaryl/α,β-unsaturated/α-hetero) is 1. The Morgan fingerprint density at radius 1 is 1.05 bits per heavy atom. The van der Waals surface area contributed by atoms with Crippen LogP contribution in [0.15, 0.2) is 69.9 Å². The maximum atomic E-state index is 12.7. The molecule has 0 unspecified atom stereocenters. The second-order valence-electron chi connectivity index (χ2n) is 7.85. The third-order valence-corrected chi connectivity index (χ3v) is 5.18. The molecule has 4 rings (SSSR count). The van der Waals surface area contributed by atoms with Gasteiger partial charge in [0.2, 0.25) is 0 Å². The molecule has 0 aromatic heterocycles. The number of aryl methyl sites for hydroxylation is 1. The molecular formula is C26H24N5NaO7S.